The van der Waals surface area contributed by atoms with Crippen molar-refractivity contribution in [2.45, 2.75) is 62.6 Å². The molecular weight excluding hydrogens is 634 g/mol. The molecule has 1 atom stereocenters. The Morgan fingerprint density at radius 1 is 0.894 bits per heavy atom. The summed E-state index contributed by atoms with van der Waals surface area (Å²) in [6.07, 6.45) is 4.07. The van der Waals surface area contributed by atoms with Crippen molar-refractivity contribution in [3.05, 3.63) is 125 Å². The van der Waals surface area contributed by atoms with E-state index in [1.165, 1.54) is 17.0 Å². The SMILES string of the molecule is COc1cccc(CN(C(=O)CN(c2ccc(C)c(Cl)c2)S(=O)(=O)c2ccccc2)C(Cc2ccccc2)C(=O)NC2CCCC2)c1. The number of carbonyl (C=O) groups is 2. The van der Waals surface area contributed by atoms with E-state index in [1.54, 1.807) is 49.6 Å². The Hall–Kier alpha value is -4.34. The average Bonchev–Trinajstić information content (AvgIpc) is 3.60. The molecule has 0 saturated heterocycles. The van der Waals surface area contributed by atoms with Gasteiger partial charge in [0.15, 0.2) is 0 Å². The molecule has 1 unspecified atom stereocenters. The number of anilines is 1. The average molecular weight is 674 g/mol. The zero-order chi connectivity index (χ0) is 33.4. The molecule has 1 aliphatic rings. The van der Waals surface area contributed by atoms with Gasteiger partial charge < -0.3 is 15.0 Å². The number of amides is 2. The molecular formula is C37H40ClN3O5S. The Labute approximate surface area is 282 Å². The van der Waals surface area contributed by atoms with Gasteiger partial charge in [-0.1, -0.05) is 91.2 Å². The summed E-state index contributed by atoms with van der Waals surface area (Å²) in [5, 5.41) is 3.56. The van der Waals surface area contributed by atoms with Gasteiger partial charge in [-0.25, -0.2) is 8.42 Å². The van der Waals surface area contributed by atoms with Gasteiger partial charge in [-0.15, -0.1) is 0 Å². The standard InChI is InChI=1S/C37H40ClN3O5S/c1-27-20-21-31(24-34(27)38)41(47(44,45)33-18-7-4-8-19-33)26-36(42)40(25-29-14-11-17-32(22-29)46-2)35(23-28-12-5-3-6-13-28)37(43)39-30-15-9-10-16-30/h3-8,11-14,17-22,24,30,35H,9-10,15-16,23,25-26H2,1-2H3,(H,39,43). The molecule has 0 bridgehead atoms. The third kappa shape index (κ3) is 8.53. The minimum Gasteiger partial charge on any atom is -0.497 e. The van der Waals surface area contributed by atoms with Gasteiger partial charge in [0.25, 0.3) is 10.0 Å². The van der Waals surface area contributed by atoms with E-state index in [2.05, 4.69) is 5.32 Å². The van der Waals surface area contributed by atoms with Gasteiger partial charge in [-0.3, -0.25) is 13.9 Å². The monoisotopic (exact) mass is 673 g/mol. The molecule has 8 nitrogen and oxygen atoms in total. The topological polar surface area (TPSA) is 96.0 Å². The predicted octanol–water partition coefficient (Wildman–Crippen LogP) is 6.55. The first-order valence-electron chi connectivity index (χ1n) is 15.8. The summed E-state index contributed by atoms with van der Waals surface area (Å²) in [7, 11) is -2.65. The highest BCUT2D eigenvalue weighted by atomic mass is 35.5. The van der Waals surface area contributed by atoms with E-state index in [0.29, 0.717) is 10.8 Å². The van der Waals surface area contributed by atoms with Crippen molar-refractivity contribution in [3.8, 4) is 5.75 Å². The highest BCUT2D eigenvalue weighted by Crippen LogP contribution is 2.29. The maximum atomic E-state index is 14.7. The van der Waals surface area contributed by atoms with Crippen LogP contribution in [0.25, 0.3) is 0 Å². The van der Waals surface area contributed by atoms with Crippen LogP contribution in [0.4, 0.5) is 5.69 Å². The lowest BCUT2D eigenvalue weighted by Gasteiger charge is -2.34. The van der Waals surface area contributed by atoms with Crippen LogP contribution in [0.3, 0.4) is 0 Å². The summed E-state index contributed by atoms with van der Waals surface area (Å²) < 4.78 is 34.9. The van der Waals surface area contributed by atoms with E-state index in [9.17, 15) is 18.0 Å². The zero-order valence-electron chi connectivity index (χ0n) is 26.6. The van der Waals surface area contributed by atoms with Crippen molar-refractivity contribution in [3.63, 3.8) is 0 Å². The fraction of sp³-hybridized carbons (Fsp3) is 0.297. The number of benzene rings is 4. The van der Waals surface area contributed by atoms with Crippen LogP contribution in [0.2, 0.25) is 5.02 Å². The molecule has 0 aromatic heterocycles. The van der Waals surface area contributed by atoms with Crippen LogP contribution in [0.1, 0.15) is 42.4 Å². The fourth-order valence-corrected chi connectivity index (χ4v) is 7.48. The van der Waals surface area contributed by atoms with Crippen LogP contribution in [0.5, 0.6) is 5.75 Å². The summed E-state index contributed by atoms with van der Waals surface area (Å²) >= 11 is 6.47. The molecule has 2 amide bonds. The molecule has 0 aliphatic heterocycles. The Balaban J connectivity index is 1.58. The van der Waals surface area contributed by atoms with Crippen LogP contribution in [0.15, 0.2) is 108 Å². The second-order valence-electron chi connectivity index (χ2n) is 11.8. The molecule has 1 aliphatic carbocycles. The molecule has 0 spiro atoms. The maximum Gasteiger partial charge on any atom is 0.264 e. The largest absolute Gasteiger partial charge is 0.497 e. The smallest absolute Gasteiger partial charge is 0.264 e. The highest BCUT2D eigenvalue weighted by Gasteiger charge is 2.35. The van der Waals surface area contributed by atoms with E-state index in [0.717, 1.165) is 46.7 Å². The van der Waals surface area contributed by atoms with Crippen molar-refractivity contribution < 1.29 is 22.7 Å². The number of halogens is 1. The van der Waals surface area contributed by atoms with Gasteiger partial charge >= 0.3 is 0 Å². The van der Waals surface area contributed by atoms with Gasteiger partial charge in [0, 0.05) is 24.0 Å². The van der Waals surface area contributed by atoms with Crippen LogP contribution in [-0.4, -0.2) is 50.9 Å². The van der Waals surface area contributed by atoms with Crippen LogP contribution < -0.4 is 14.4 Å². The lowest BCUT2D eigenvalue weighted by atomic mass is 10.0. The van der Waals surface area contributed by atoms with Gasteiger partial charge in [-0.2, -0.15) is 0 Å². The minimum absolute atomic E-state index is 0.0270. The van der Waals surface area contributed by atoms with Crippen LogP contribution >= 0.6 is 11.6 Å². The number of methoxy groups -OCH3 is 1. The predicted molar refractivity (Wildman–Crippen MR) is 185 cm³/mol. The Kier molecular flexibility index (Phi) is 11.2. The van der Waals surface area contributed by atoms with Crippen LogP contribution in [-0.2, 0) is 32.6 Å². The molecule has 4 aromatic carbocycles. The second-order valence-corrected chi connectivity index (χ2v) is 14.1. The van der Waals surface area contributed by atoms with E-state index in [-0.39, 0.29) is 35.5 Å². The molecule has 1 N–H and O–H groups in total. The highest BCUT2D eigenvalue weighted by molar-refractivity contribution is 7.92. The third-order valence-corrected chi connectivity index (χ3v) is 10.7. The number of rotatable bonds is 13. The zero-order valence-corrected chi connectivity index (χ0v) is 28.2. The quantitative estimate of drug-likeness (QED) is 0.174. The number of nitrogens with zero attached hydrogens (tertiary/aromatic N) is 2. The summed E-state index contributed by atoms with van der Waals surface area (Å²) in [6, 6.07) is 28.8. The maximum absolute atomic E-state index is 14.7. The van der Waals surface area contributed by atoms with Crippen LogP contribution in [0, 0.1) is 6.92 Å². The fourth-order valence-electron chi connectivity index (χ4n) is 5.87. The summed E-state index contributed by atoms with van der Waals surface area (Å²) in [5.41, 5.74) is 2.63. The molecule has 1 fully saturated rings. The molecule has 246 valence electrons. The van der Waals surface area contributed by atoms with Crippen molar-refractivity contribution in [1.29, 1.82) is 0 Å². The molecule has 0 radical (unpaired) electrons. The first-order chi connectivity index (χ1) is 22.7. The minimum atomic E-state index is -4.21. The molecule has 5 rings (SSSR count). The molecule has 10 heteroatoms. The van der Waals surface area contributed by atoms with Gasteiger partial charge in [0.05, 0.1) is 17.7 Å². The van der Waals surface area contributed by atoms with Crippen molar-refractivity contribution >= 4 is 39.1 Å². The Morgan fingerprint density at radius 2 is 1.55 bits per heavy atom. The van der Waals surface area contributed by atoms with Crippen molar-refractivity contribution in [1.82, 2.24) is 10.2 Å². The number of nitrogens with one attached hydrogen (secondary N) is 1. The molecule has 0 heterocycles. The van der Waals surface area contributed by atoms with Gasteiger partial charge in [0.2, 0.25) is 11.8 Å². The number of ether oxygens (including phenoxy) is 1. The van der Waals surface area contributed by atoms with E-state index >= 15 is 0 Å². The molecule has 1 saturated carbocycles. The number of aryl methyl sites for hydroxylation is 1. The first-order valence-corrected chi connectivity index (χ1v) is 17.6. The van der Waals surface area contributed by atoms with Crippen molar-refractivity contribution in [2.75, 3.05) is 18.0 Å². The summed E-state index contributed by atoms with van der Waals surface area (Å²) in [6.45, 7) is 1.32. The Bertz CT molecular complexity index is 1780. The first kappa shape index (κ1) is 34.0. The van der Waals surface area contributed by atoms with E-state index < -0.39 is 28.5 Å². The number of hydrogen-bond acceptors (Lipinski definition) is 5. The van der Waals surface area contributed by atoms with E-state index in [4.69, 9.17) is 16.3 Å². The number of carbonyl (C=O) groups excluding carboxylic acids is 2. The third-order valence-electron chi connectivity index (χ3n) is 8.51. The summed E-state index contributed by atoms with van der Waals surface area (Å²) in [4.78, 5) is 30.3. The lowest BCUT2D eigenvalue weighted by Crippen LogP contribution is -2.54. The van der Waals surface area contributed by atoms with Gasteiger partial charge in [0.1, 0.15) is 18.3 Å². The Morgan fingerprint density at radius 3 is 2.21 bits per heavy atom. The second kappa shape index (κ2) is 15.5. The number of sulfonamides is 1. The van der Waals surface area contributed by atoms with Gasteiger partial charge in [-0.05, 0) is 72.9 Å². The lowest BCUT2D eigenvalue weighted by molar-refractivity contribution is -0.140. The molecule has 47 heavy (non-hydrogen) atoms. The van der Waals surface area contributed by atoms with Crippen molar-refractivity contribution in [2.24, 2.45) is 0 Å². The molecule has 4 aromatic rings. The summed E-state index contributed by atoms with van der Waals surface area (Å²) in [5.74, 6) is -0.202. The van der Waals surface area contributed by atoms with E-state index in [1.807, 2.05) is 55.5 Å². The normalized spacial score (nSPS) is 13.9. The number of hydrogen-bond donors (Lipinski definition) is 1.